The van der Waals surface area contributed by atoms with Gasteiger partial charge in [0.2, 0.25) is 0 Å². The van der Waals surface area contributed by atoms with E-state index in [-0.39, 0.29) is 5.56 Å². The molecule has 8 heteroatoms. The summed E-state index contributed by atoms with van der Waals surface area (Å²) in [5.74, 6) is -0.276. The van der Waals surface area contributed by atoms with Crippen LogP contribution >= 0.6 is 0 Å². The predicted molar refractivity (Wildman–Crippen MR) is 155 cm³/mol. The summed E-state index contributed by atoms with van der Waals surface area (Å²) in [6.07, 6.45) is 2.07. The predicted octanol–water partition coefficient (Wildman–Crippen LogP) is 6.39. The lowest BCUT2D eigenvalue weighted by Gasteiger charge is -2.19. The highest BCUT2D eigenvalue weighted by Crippen LogP contribution is 2.28. The van der Waals surface area contributed by atoms with Gasteiger partial charge in [0, 0.05) is 5.69 Å². The van der Waals surface area contributed by atoms with E-state index in [4.69, 9.17) is 9.47 Å². The number of hydrogen-bond acceptors (Lipinski definition) is 5. The van der Waals surface area contributed by atoms with Crippen LogP contribution in [0.25, 0.3) is 11.1 Å². The van der Waals surface area contributed by atoms with Gasteiger partial charge in [-0.3, -0.25) is 4.79 Å². The largest absolute Gasteiger partial charge is 0.497 e. The summed E-state index contributed by atoms with van der Waals surface area (Å²) >= 11 is 0. The van der Waals surface area contributed by atoms with Crippen LogP contribution in [0.1, 0.15) is 53.2 Å². The van der Waals surface area contributed by atoms with E-state index < -0.39 is 23.9 Å². The molecular weight excluding hydrogens is 494 g/mol. The van der Waals surface area contributed by atoms with Crippen LogP contribution in [0, 0.1) is 20.8 Å². The number of nitrogens with one attached hydrogen (secondary N) is 3. The van der Waals surface area contributed by atoms with Crippen LogP contribution < -0.4 is 20.7 Å². The Morgan fingerprint density at radius 2 is 1.49 bits per heavy atom. The molecule has 0 radical (unpaired) electrons. The fourth-order valence-electron chi connectivity index (χ4n) is 4.49. The van der Waals surface area contributed by atoms with E-state index in [1.807, 2.05) is 64.1 Å². The van der Waals surface area contributed by atoms with Gasteiger partial charge in [-0.05, 0) is 73.7 Å². The average Bonchev–Trinajstić information content (AvgIpc) is 2.92. The summed E-state index contributed by atoms with van der Waals surface area (Å²) in [6, 6.07) is 15.4. The van der Waals surface area contributed by atoms with Crippen LogP contribution in [0.3, 0.4) is 0 Å². The number of hydrogen-bond donors (Lipinski definition) is 3. The summed E-state index contributed by atoms with van der Waals surface area (Å²) in [5, 5.41) is 8.55. The molecule has 1 atom stereocenters. The lowest BCUT2D eigenvalue weighted by Crippen LogP contribution is -2.41. The average molecular weight is 532 g/mol. The summed E-state index contributed by atoms with van der Waals surface area (Å²) < 4.78 is 10.1. The second-order valence-corrected chi connectivity index (χ2v) is 9.53. The minimum absolute atomic E-state index is 0.227. The van der Waals surface area contributed by atoms with Gasteiger partial charge in [0.25, 0.3) is 5.91 Å². The number of benzene rings is 3. The summed E-state index contributed by atoms with van der Waals surface area (Å²) in [7, 11) is 2.89. The van der Waals surface area contributed by atoms with Crippen molar-refractivity contribution in [2.45, 2.75) is 53.0 Å². The Kier molecular flexibility index (Phi) is 10.1. The van der Waals surface area contributed by atoms with E-state index in [1.165, 1.54) is 7.11 Å². The van der Waals surface area contributed by atoms with Crippen molar-refractivity contribution in [1.82, 2.24) is 5.32 Å². The second kappa shape index (κ2) is 13.5. The van der Waals surface area contributed by atoms with Crippen molar-refractivity contribution in [3.8, 4) is 16.9 Å². The second-order valence-electron chi connectivity index (χ2n) is 9.53. The van der Waals surface area contributed by atoms with Crippen LogP contribution in [0.15, 0.2) is 54.6 Å². The van der Waals surface area contributed by atoms with E-state index in [9.17, 15) is 14.4 Å². The fraction of sp³-hybridized carbons (Fsp3) is 0.323. The van der Waals surface area contributed by atoms with Gasteiger partial charge < -0.3 is 25.4 Å². The van der Waals surface area contributed by atoms with Crippen LogP contribution in [-0.4, -0.2) is 38.2 Å². The molecule has 0 heterocycles. The lowest BCUT2D eigenvalue weighted by molar-refractivity contribution is -0.143. The quantitative estimate of drug-likeness (QED) is 0.263. The fourth-order valence-corrected chi connectivity index (χ4v) is 4.49. The van der Waals surface area contributed by atoms with Gasteiger partial charge >= 0.3 is 12.0 Å². The van der Waals surface area contributed by atoms with Gasteiger partial charge in [-0.25, -0.2) is 9.59 Å². The van der Waals surface area contributed by atoms with E-state index in [1.54, 1.807) is 25.3 Å². The molecule has 3 aromatic rings. The van der Waals surface area contributed by atoms with Crippen LogP contribution in [-0.2, 0) is 9.53 Å². The molecule has 0 aromatic heterocycles. The third-order valence-corrected chi connectivity index (χ3v) is 6.49. The Morgan fingerprint density at radius 3 is 2.08 bits per heavy atom. The Balaban J connectivity index is 1.95. The number of methoxy groups -OCH3 is 2. The minimum atomic E-state index is -0.789. The number of rotatable bonds is 10. The third-order valence-electron chi connectivity index (χ3n) is 6.49. The zero-order chi connectivity index (χ0) is 28.5. The number of amides is 3. The number of unbranched alkanes of at least 4 members (excludes halogenated alkanes) is 1. The van der Waals surface area contributed by atoms with Crippen molar-refractivity contribution in [3.05, 3.63) is 76.9 Å². The van der Waals surface area contributed by atoms with Crippen molar-refractivity contribution in [2.24, 2.45) is 0 Å². The van der Waals surface area contributed by atoms with Crippen LogP contribution in [0.2, 0.25) is 0 Å². The number of ether oxygens (including phenoxy) is 2. The van der Waals surface area contributed by atoms with Gasteiger partial charge in [-0.1, -0.05) is 55.7 Å². The van der Waals surface area contributed by atoms with Gasteiger partial charge in [-0.15, -0.1) is 0 Å². The number of carbonyl (C=O) groups excluding carboxylic acids is 3. The summed E-state index contributed by atoms with van der Waals surface area (Å²) in [5.41, 5.74) is 5.89. The van der Waals surface area contributed by atoms with Gasteiger partial charge in [0.15, 0.2) is 0 Å². The summed E-state index contributed by atoms with van der Waals surface area (Å²) in [6.45, 7) is 7.87. The third kappa shape index (κ3) is 7.60. The zero-order valence-corrected chi connectivity index (χ0v) is 23.4. The van der Waals surface area contributed by atoms with Crippen LogP contribution in [0.4, 0.5) is 16.2 Å². The number of anilines is 2. The van der Waals surface area contributed by atoms with E-state index in [2.05, 4.69) is 16.0 Å². The first-order valence-electron chi connectivity index (χ1n) is 13.0. The van der Waals surface area contributed by atoms with Gasteiger partial charge in [-0.2, -0.15) is 0 Å². The summed E-state index contributed by atoms with van der Waals surface area (Å²) in [4.78, 5) is 38.8. The molecule has 0 bridgehead atoms. The van der Waals surface area contributed by atoms with E-state index in [0.29, 0.717) is 17.8 Å². The molecular formula is C31H37N3O5. The molecule has 0 saturated heterocycles. The molecule has 3 aromatic carbocycles. The SMILES string of the molecule is CCCC[C@H](NC(=O)c1ccc(-c2ccc(OC)cc2)cc1NC(=O)Nc1c(C)cc(C)cc1C)C(=O)OC. The number of urea groups is 1. The Morgan fingerprint density at radius 1 is 0.846 bits per heavy atom. The molecule has 8 nitrogen and oxygen atoms in total. The van der Waals surface area contributed by atoms with Crippen LogP contribution in [0.5, 0.6) is 5.75 Å². The Labute approximate surface area is 230 Å². The Hall–Kier alpha value is -4.33. The monoisotopic (exact) mass is 531 g/mol. The smallest absolute Gasteiger partial charge is 0.328 e. The van der Waals surface area contributed by atoms with Gasteiger partial charge in [0.1, 0.15) is 11.8 Å². The number of esters is 1. The van der Waals surface area contributed by atoms with E-state index >= 15 is 0 Å². The highest BCUT2D eigenvalue weighted by atomic mass is 16.5. The zero-order valence-electron chi connectivity index (χ0n) is 23.4. The maximum Gasteiger partial charge on any atom is 0.328 e. The molecule has 3 rings (SSSR count). The maximum atomic E-state index is 13.4. The minimum Gasteiger partial charge on any atom is -0.497 e. The molecule has 0 fully saturated rings. The normalized spacial score (nSPS) is 11.3. The van der Waals surface area contributed by atoms with E-state index in [0.717, 1.165) is 46.4 Å². The van der Waals surface area contributed by atoms with Crippen molar-refractivity contribution in [1.29, 1.82) is 0 Å². The molecule has 0 unspecified atom stereocenters. The van der Waals surface area contributed by atoms with Crippen molar-refractivity contribution >= 4 is 29.3 Å². The molecule has 3 amide bonds. The topological polar surface area (TPSA) is 106 Å². The highest BCUT2D eigenvalue weighted by molar-refractivity contribution is 6.08. The van der Waals surface area contributed by atoms with Gasteiger partial charge in [0.05, 0.1) is 25.5 Å². The first-order valence-corrected chi connectivity index (χ1v) is 13.0. The molecule has 0 aliphatic rings. The molecule has 0 saturated carbocycles. The van der Waals surface area contributed by atoms with Crippen molar-refractivity contribution < 1.29 is 23.9 Å². The molecule has 39 heavy (non-hydrogen) atoms. The highest BCUT2D eigenvalue weighted by Gasteiger charge is 2.24. The number of carbonyl (C=O) groups is 3. The lowest BCUT2D eigenvalue weighted by atomic mass is 10.0. The Bertz CT molecular complexity index is 1310. The van der Waals surface area contributed by atoms with Crippen molar-refractivity contribution in [3.63, 3.8) is 0 Å². The number of aryl methyl sites for hydroxylation is 3. The maximum absolute atomic E-state index is 13.4. The molecule has 0 aliphatic carbocycles. The molecule has 0 spiro atoms. The molecule has 0 aliphatic heterocycles. The molecule has 206 valence electrons. The first-order chi connectivity index (χ1) is 18.7. The van der Waals surface area contributed by atoms with Crippen molar-refractivity contribution in [2.75, 3.05) is 24.9 Å². The standard InChI is InChI=1S/C31H37N3O5/c1-7-8-9-26(30(36)39-6)32-29(35)25-15-12-23(22-10-13-24(38-5)14-11-22)18-27(25)33-31(37)34-28-20(3)16-19(2)17-21(28)4/h10-18,26H,7-9H2,1-6H3,(H,32,35)(H2,33,34,37)/t26-/m0/s1. The first kappa shape index (κ1) is 29.2. The molecule has 3 N–H and O–H groups in total.